The van der Waals surface area contributed by atoms with Crippen LogP contribution in [0.15, 0.2) is 30.5 Å². The van der Waals surface area contributed by atoms with Crippen molar-refractivity contribution in [2.75, 3.05) is 5.32 Å². The third-order valence-corrected chi connectivity index (χ3v) is 4.85. The van der Waals surface area contributed by atoms with E-state index in [9.17, 15) is 4.79 Å². The van der Waals surface area contributed by atoms with Gasteiger partial charge in [-0.25, -0.2) is 0 Å². The number of benzene rings is 1. The maximum absolute atomic E-state index is 12.7. The van der Waals surface area contributed by atoms with Gasteiger partial charge in [-0.2, -0.15) is 10.2 Å². The van der Waals surface area contributed by atoms with E-state index in [1.807, 2.05) is 49.7 Å². The highest BCUT2D eigenvalue weighted by Gasteiger charge is 2.20. The number of halogens is 2. The Bertz CT molecular complexity index is 961. The minimum absolute atomic E-state index is 0.308. The Balaban J connectivity index is 1.88. The van der Waals surface area contributed by atoms with E-state index in [0.29, 0.717) is 34.5 Å². The molecule has 0 bridgehead atoms. The second-order valence-electron chi connectivity index (χ2n) is 5.91. The molecule has 6 nitrogen and oxygen atoms in total. The fourth-order valence-corrected chi connectivity index (χ4v) is 3.24. The number of rotatable bonds is 5. The highest BCUT2D eigenvalue weighted by molar-refractivity contribution is 6.34. The zero-order valence-electron chi connectivity index (χ0n) is 14.8. The molecular formula is C18H19Cl2N5O. The number of anilines is 1. The molecule has 0 spiro atoms. The van der Waals surface area contributed by atoms with Gasteiger partial charge in [0, 0.05) is 11.6 Å². The molecule has 0 saturated carbocycles. The van der Waals surface area contributed by atoms with Crippen LogP contribution in [0, 0.1) is 13.8 Å². The Morgan fingerprint density at radius 2 is 1.88 bits per heavy atom. The standard InChI is InChI=1S/C18H19Cl2N5O/c1-4-24-17(15(20)9-21-24)18(26)22-16-11(2)23-25(12(16)3)10-13-7-5-6-8-14(13)19/h5-9H,4,10H2,1-3H3,(H,22,26). The van der Waals surface area contributed by atoms with Gasteiger partial charge in [-0.15, -0.1) is 0 Å². The van der Waals surface area contributed by atoms with Crippen LogP contribution in [0.3, 0.4) is 0 Å². The molecule has 0 saturated heterocycles. The average molecular weight is 392 g/mol. The number of carbonyl (C=O) groups excluding carboxylic acids is 1. The van der Waals surface area contributed by atoms with Crippen molar-refractivity contribution in [3.8, 4) is 0 Å². The highest BCUT2D eigenvalue weighted by Crippen LogP contribution is 2.24. The molecule has 2 aromatic heterocycles. The molecule has 0 unspecified atom stereocenters. The first-order chi connectivity index (χ1) is 12.4. The summed E-state index contributed by atoms with van der Waals surface area (Å²) in [6.07, 6.45) is 1.47. The number of amides is 1. The van der Waals surface area contributed by atoms with Crippen molar-refractivity contribution in [3.05, 3.63) is 63.2 Å². The van der Waals surface area contributed by atoms with Gasteiger partial charge in [-0.1, -0.05) is 41.4 Å². The number of carbonyl (C=O) groups is 1. The molecule has 136 valence electrons. The van der Waals surface area contributed by atoms with Gasteiger partial charge in [0.15, 0.2) is 0 Å². The first-order valence-corrected chi connectivity index (χ1v) is 8.98. The summed E-state index contributed by atoms with van der Waals surface area (Å²) in [5.74, 6) is -0.308. The van der Waals surface area contributed by atoms with Gasteiger partial charge in [0.1, 0.15) is 5.69 Å². The van der Waals surface area contributed by atoms with Crippen molar-refractivity contribution in [2.45, 2.75) is 33.9 Å². The molecule has 0 fully saturated rings. The number of aryl methyl sites for hydroxylation is 2. The first kappa shape index (κ1) is 18.5. The van der Waals surface area contributed by atoms with Crippen molar-refractivity contribution in [2.24, 2.45) is 0 Å². The van der Waals surface area contributed by atoms with Crippen molar-refractivity contribution in [1.82, 2.24) is 19.6 Å². The summed E-state index contributed by atoms with van der Waals surface area (Å²) in [7, 11) is 0. The van der Waals surface area contributed by atoms with Crippen LogP contribution in [-0.4, -0.2) is 25.5 Å². The van der Waals surface area contributed by atoms with E-state index in [1.54, 1.807) is 4.68 Å². The smallest absolute Gasteiger partial charge is 0.275 e. The van der Waals surface area contributed by atoms with E-state index in [-0.39, 0.29) is 5.91 Å². The Morgan fingerprint density at radius 3 is 2.58 bits per heavy atom. The minimum atomic E-state index is -0.308. The summed E-state index contributed by atoms with van der Waals surface area (Å²) >= 11 is 12.4. The van der Waals surface area contributed by atoms with Gasteiger partial charge in [0.05, 0.1) is 34.8 Å². The van der Waals surface area contributed by atoms with Crippen LogP contribution in [0.2, 0.25) is 10.0 Å². The van der Waals surface area contributed by atoms with Crippen LogP contribution in [0.4, 0.5) is 5.69 Å². The van der Waals surface area contributed by atoms with Crippen LogP contribution < -0.4 is 5.32 Å². The van der Waals surface area contributed by atoms with E-state index in [1.165, 1.54) is 6.20 Å². The lowest BCUT2D eigenvalue weighted by Gasteiger charge is -2.09. The van der Waals surface area contributed by atoms with E-state index in [2.05, 4.69) is 15.5 Å². The molecule has 0 aliphatic heterocycles. The first-order valence-electron chi connectivity index (χ1n) is 8.22. The number of hydrogen-bond donors (Lipinski definition) is 1. The molecule has 3 aromatic rings. The van der Waals surface area contributed by atoms with Crippen molar-refractivity contribution in [1.29, 1.82) is 0 Å². The quantitative estimate of drug-likeness (QED) is 0.703. The number of nitrogens with zero attached hydrogens (tertiary/aromatic N) is 4. The Morgan fingerprint density at radius 1 is 1.15 bits per heavy atom. The van der Waals surface area contributed by atoms with Crippen LogP contribution >= 0.6 is 23.2 Å². The predicted octanol–water partition coefficient (Wildman–Crippen LogP) is 4.32. The van der Waals surface area contributed by atoms with Gasteiger partial charge in [-0.3, -0.25) is 14.2 Å². The van der Waals surface area contributed by atoms with E-state index in [0.717, 1.165) is 17.0 Å². The van der Waals surface area contributed by atoms with Crippen molar-refractivity contribution in [3.63, 3.8) is 0 Å². The lowest BCUT2D eigenvalue weighted by Crippen LogP contribution is -2.18. The molecule has 0 atom stereocenters. The van der Waals surface area contributed by atoms with Crippen LogP contribution in [0.25, 0.3) is 0 Å². The fraction of sp³-hybridized carbons (Fsp3) is 0.278. The molecular weight excluding hydrogens is 373 g/mol. The van der Waals surface area contributed by atoms with Crippen LogP contribution in [-0.2, 0) is 13.1 Å². The van der Waals surface area contributed by atoms with Crippen molar-refractivity contribution >= 4 is 34.8 Å². The lowest BCUT2D eigenvalue weighted by atomic mass is 10.2. The van der Waals surface area contributed by atoms with Gasteiger partial charge >= 0.3 is 0 Å². The lowest BCUT2D eigenvalue weighted by molar-refractivity contribution is 0.101. The second-order valence-corrected chi connectivity index (χ2v) is 6.72. The Kier molecular flexibility index (Phi) is 5.34. The summed E-state index contributed by atoms with van der Waals surface area (Å²) < 4.78 is 3.39. The summed E-state index contributed by atoms with van der Waals surface area (Å²) in [5.41, 5.74) is 3.54. The average Bonchev–Trinajstić information content (AvgIpc) is 3.11. The topological polar surface area (TPSA) is 64.7 Å². The number of nitrogens with one attached hydrogen (secondary N) is 1. The summed E-state index contributed by atoms with van der Waals surface area (Å²) in [5, 5.41) is 12.6. The Labute approximate surface area is 161 Å². The summed E-state index contributed by atoms with van der Waals surface area (Å²) in [6.45, 7) is 6.74. The van der Waals surface area contributed by atoms with Crippen LogP contribution in [0.5, 0.6) is 0 Å². The minimum Gasteiger partial charge on any atom is -0.317 e. The predicted molar refractivity (Wildman–Crippen MR) is 103 cm³/mol. The van der Waals surface area contributed by atoms with Crippen molar-refractivity contribution < 1.29 is 4.79 Å². The summed E-state index contributed by atoms with van der Waals surface area (Å²) in [6, 6.07) is 7.62. The molecule has 2 heterocycles. The number of hydrogen-bond acceptors (Lipinski definition) is 3. The SMILES string of the molecule is CCn1ncc(Cl)c1C(=O)Nc1c(C)nn(Cc2ccccc2Cl)c1C. The van der Waals surface area contributed by atoms with E-state index < -0.39 is 0 Å². The van der Waals surface area contributed by atoms with Gasteiger partial charge in [0.25, 0.3) is 5.91 Å². The molecule has 1 amide bonds. The molecule has 3 rings (SSSR count). The fourth-order valence-electron chi connectivity index (χ4n) is 2.82. The molecule has 0 aliphatic rings. The van der Waals surface area contributed by atoms with Gasteiger partial charge in [0.2, 0.25) is 0 Å². The third kappa shape index (κ3) is 3.48. The number of aromatic nitrogens is 4. The maximum Gasteiger partial charge on any atom is 0.275 e. The van der Waals surface area contributed by atoms with E-state index >= 15 is 0 Å². The Hall–Kier alpha value is -2.31. The maximum atomic E-state index is 12.7. The zero-order chi connectivity index (χ0) is 18.8. The van der Waals surface area contributed by atoms with Crippen LogP contribution in [0.1, 0.15) is 34.4 Å². The van der Waals surface area contributed by atoms with Gasteiger partial charge in [-0.05, 0) is 32.4 Å². The summed E-state index contributed by atoms with van der Waals surface area (Å²) in [4.78, 5) is 12.7. The molecule has 26 heavy (non-hydrogen) atoms. The van der Waals surface area contributed by atoms with Gasteiger partial charge < -0.3 is 5.32 Å². The monoisotopic (exact) mass is 391 g/mol. The van der Waals surface area contributed by atoms with E-state index in [4.69, 9.17) is 23.2 Å². The largest absolute Gasteiger partial charge is 0.317 e. The normalized spacial score (nSPS) is 11.0. The zero-order valence-corrected chi connectivity index (χ0v) is 16.3. The molecule has 1 aromatic carbocycles. The molecule has 1 N–H and O–H groups in total. The molecule has 0 aliphatic carbocycles. The highest BCUT2D eigenvalue weighted by atomic mass is 35.5. The molecule has 0 radical (unpaired) electrons. The third-order valence-electron chi connectivity index (χ3n) is 4.21. The molecule has 8 heteroatoms. The second kappa shape index (κ2) is 7.51.